The number of methoxy groups -OCH3 is 1. The Balaban J connectivity index is 1.81. The van der Waals surface area contributed by atoms with Crippen molar-refractivity contribution in [2.45, 2.75) is 20.3 Å². The molecule has 6 nitrogen and oxygen atoms in total. The van der Waals surface area contributed by atoms with Crippen LogP contribution < -0.4 is 19.8 Å². The number of likely N-dealkylation sites (N-methyl/N-ethyl adjacent to an activating group) is 1. The van der Waals surface area contributed by atoms with Crippen molar-refractivity contribution in [3.05, 3.63) is 62.5 Å². The van der Waals surface area contributed by atoms with Crippen LogP contribution in [0.25, 0.3) is 22.7 Å². The summed E-state index contributed by atoms with van der Waals surface area (Å²) in [7, 11) is 3.67. The Morgan fingerprint density at radius 3 is 2.73 bits per heavy atom. The van der Waals surface area contributed by atoms with Gasteiger partial charge < -0.3 is 23.5 Å². The maximum Gasteiger partial charge on any atom is 0.336 e. The minimum absolute atomic E-state index is 0.188. The molecule has 0 saturated carbocycles. The van der Waals surface area contributed by atoms with Crippen molar-refractivity contribution in [2.24, 2.45) is 0 Å². The maximum absolute atomic E-state index is 12.4. The predicted octanol–water partition coefficient (Wildman–Crippen LogP) is 4.13. The van der Waals surface area contributed by atoms with Gasteiger partial charge in [0.1, 0.15) is 5.58 Å². The van der Waals surface area contributed by atoms with Crippen LogP contribution in [0, 0.1) is 13.8 Å². The van der Waals surface area contributed by atoms with E-state index in [-0.39, 0.29) is 12.4 Å². The van der Waals surface area contributed by atoms with E-state index in [1.807, 2.05) is 33.0 Å². The largest absolute Gasteiger partial charge is 0.492 e. The van der Waals surface area contributed by atoms with Gasteiger partial charge in [0.2, 0.25) is 12.5 Å². The Morgan fingerprint density at radius 1 is 1.10 bits per heavy atom. The number of ether oxygens (including phenoxy) is 3. The van der Waals surface area contributed by atoms with Crippen LogP contribution in [0.2, 0.25) is 0 Å². The van der Waals surface area contributed by atoms with Gasteiger partial charge in [0.15, 0.2) is 11.5 Å². The van der Waals surface area contributed by atoms with Crippen LogP contribution in [0.3, 0.4) is 0 Å². The van der Waals surface area contributed by atoms with Gasteiger partial charge in [0.05, 0.1) is 7.11 Å². The fourth-order valence-corrected chi connectivity index (χ4v) is 4.41. The molecule has 0 aliphatic carbocycles. The van der Waals surface area contributed by atoms with Crippen LogP contribution in [-0.4, -0.2) is 32.4 Å². The van der Waals surface area contributed by atoms with Gasteiger partial charge in [-0.2, -0.15) is 0 Å². The lowest BCUT2D eigenvalue weighted by Gasteiger charge is -2.22. The summed E-state index contributed by atoms with van der Waals surface area (Å²) < 4.78 is 22.5. The van der Waals surface area contributed by atoms with Gasteiger partial charge in [0, 0.05) is 41.9 Å². The van der Waals surface area contributed by atoms with Crippen molar-refractivity contribution in [1.82, 2.24) is 4.90 Å². The second-order valence-corrected chi connectivity index (χ2v) is 7.86. The third-order valence-electron chi connectivity index (χ3n) is 5.81. The van der Waals surface area contributed by atoms with E-state index < -0.39 is 0 Å². The van der Waals surface area contributed by atoms with E-state index in [4.69, 9.17) is 18.6 Å². The summed E-state index contributed by atoms with van der Waals surface area (Å²) in [6.45, 7) is 4.99. The average molecular weight is 405 g/mol. The van der Waals surface area contributed by atoms with Crippen molar-refractivity contribution in [2.75, 3.05) is 27.5 Å². The highest BCUT2D eigenvalue weighted by Crippen LogP contribution is 2.47. The van der Waals surface area contributed by atoms with Gasteiger partial charge >= 0.3 is 5.63 Å². The molecular formula is C24H23NO5. The van der Waals surface area contributed by atoms with Crippen molar-refractivity contribution >= 4 is 22.7 Å². The predicted molar refractivity (Wildman–Crippen MR) is 115 cm³/mol. The van der Waals surface area contributed by atoms with Crippen LogP contribution in [0.5, 0.6) is 17.2 Å². The smallest absolute Gasteiger partial charge is 0.336 e. The summed E-state index contributed by atoms with van der Waals surface area (Å²) in [5, 5.41) is 0.924. The molecule has 0 N–H and O–H groups in total. The zero-order valence-corrected chi connectivity index (χ0v) is 17.5. The van der Waals surface area contributed by atoms with Gasteiger partial charge in [-0.15, -0.1) is 0 Å². The fourth-order valence-electron chi connectivity index (χ4n) is 4.41. The SMILES string of the molecule is COc1c2c(cc3c1OCO3)CCN(C)C(c1cc(=O)oc3c(C)cc(C)cc13)=C2. The first-order valence-electron chi connectivity index (χ1n) is 9.94. The summed E-state index contributed by atoms with van der Waals surface area (Å²) in [5.41, 5.74) is 6.19. The summed E-state index contributed by atoms with van der Waals surface area (Å²) in [5.74, 6) is 2.00. The third kappa shape index (κ3) is 2.83. The van der Waals surface area contributed by atoms with E-state index in [0.29, 0.717) is 22.8 Å². The van der Waals surface area contributed by atoms with E-state index in [1.54, 1.807) is 13.2 Å². The molecule has 0 amide bonds. The highest BCUT2D eigenvalue weighted by atomic mass is 16.7. The molecule has 0 atom stereocenters. The Bertz CT molecular complexity index is 1270. The first-order valence-corrected chi connectivity index (χ1v) is 9.94. The molecule has 0 bridgehead atoms. The highest BCUT2D eigenvalue weighted by molar-refractivity contribution is 5.97. The summed E-state index contributed by atoms with van der Waals surface area (Å²) in [6.07, 6.45) is 2.89. The summed E-state index contributed by atoms with van der Waals surface area (Å²) in [6, 6.07) is 7.70. The minimum atomic E-state index is -0.360. The van der Waals surface area contributed by atoms with Crippen molar-refractivity contribution in [3.8, 4) is 17.2 Å². The lowest BCUT2D eigenvalue weighted by Crippen LogP contribution is -2.19. The zero-order chi connectivity index (χ0) is 21.0. The second kappa shape index (κ2) is 6.83. The minimum Gasteiger partial charge on any atom is -0.492 e. The number of fused-ring (bicyclic) bond motifs is 3. The quantitative estimate of drug-likeness (QED) is 0.598. The Morgan fingerprint density at radius 2 is 1.93 bits per heavy atom. The van der Waals surface area contributed by atoms with Crippen molar-refractivity contribution in [1.29, 1.82) is 0 Å². The number of aryl methyl sites for hydroxylation is 2. The third-order valence-corrected chi connectivity index (χ3v) is 5.81. The van der Waals surface area contributed by atoms with E-state index in [9.17, 15) is 4.79 Å². The molecular weight excluding hydrogens is 382 g/mol. The molecule has 3 aromatic rings. The number of nitrogens with zero attached hydrogens (tertiary/aromatic N) is 1. The lowest BCUT2D eigenvalue weighted by molar-refractivity contribution is 0.171. The van der Waals surface area contributed by atoms with Gasteiger partial charge in [-0.25, -0.2) is 4.79 Å². The highest BCUT2D eigenvalue weighted by Gasteiger charge is 2.27. The van der Waals surface area contributed by atoms with Gasteiger partial charge in [-0.1, -0.05) is 6.07 Å². The average Bonchev–Trinajstić information content (AvgIpc) is 3.11. The van der Waals surface area contributed by atoms with E-state index >= 15 is 0 Å². The molecule has 0 unspecified atom stereocenters. The maximum atomic E-state index is 12.4. The van der Waals surface area contributed by atoms with Crippen LogP contribution in [0.15, 0.2) is 33.5 Å². The van der Waals surface area contributed by atoms with Crippen LogP contribution >= 0.6 is 0 Å². The van der Waals surface area contributed by atoms with Crippen LogP contribution in [0.4, 0.5) is 0 Å². The summed E-state index contributed by atoms with van der Waals surface area (Å²) >= 11 is 0. The molecule has 154 valence electrons. The van der Waals surface area contributed by atoms with Crippen LogP contribution in [0.1, 0.15) is 27.8 Å². The molecule has 1 aromatic heterocycles. The normalized spacial score (nSPS) is 15.1. The topological polar surface area (TPSA) is 61.1 Å². The van der Waals surface area contributed by atoms with E-state index in [0.717, 1.165) is 51.9 Å². The molecule has 30 heavy (non-hydrogen) atoms. The molecule has 2 aromatic carbocycles. The van der Waals surface area contributed by atoms with Crippen molar-refractivity contribution < 1.29 is 18.6 Å². The van der Waals surface area contributed by atoms with Gasteiger partial charge in [0.25, 0.3) is 0 Å². The monoisotopic (exact) mass is 405 g/mol. The Labute approximate surface area is 174 Å². The Kier molecular flexibility index (Phi) is 4.24. The first-order chi connectivity index (χ1) is 14.5. The second-order valence-electron chi connectivity index (χ2n) is 7.86. The van der Waals surface area contributed by atoms with Gasteiger partial charge in [-0.3, -0.25) is 0 Å². The number of hydrogen-bond donors (Lipinski definition) is 0. The number of benzene rings is 2. The Hall–Kier alpha value is -3.41. The number of rotatable bonds is 2. The molecule has 3 heterocycles. The zero-order valence-electron chi connectivity index (χ0n) is 17.5. The number of hydrogen-bond acceptors (Lipinski definition) is 6. The molecule has 5 rings (SSSR count). The first kappa shape index (κ1) is 18.6. The molecule has 0 fully saturated rings. The fraction of sp³-hybridized carbons (Fsp3) is 0.292. The molecule has 2 aliphatic heterocycles. The molecule has 0 radical (unpaired) electrons. The molecule has 0 saturated heterocycles. The molecule has 6 heteroatoms. The summed E-state index contributed by atoms with van der Waals surface area (Å²) in [4.78, 5) is 14.6. The molecule has 2 aliphatic rings. The van der Waals surface area contributed by atoms with Crippen molar-refractivity contribution in [3.63, 3.8) is 0 Å². The van der Waals surface area contributed by atoms with E-state index in [2.05, 4.69) is 17.0 Å². The van der Waals surface area contributed by atoms with Crippen LogP contribution in [-0.2, 0) is 6.42 Å². The molecule has 0 spiro atoms. The standard InChI is InChI=1S/C24H23NO5/c1-13-7-14(2)22-18(8-13)17(11-21(26)30-22)19-10-16-15(5-6-25(19)3)9-20-24(23(16)27-4)29-12-28-20/h7-11H,5-6,12H2,1-4H3. The van der Waals surface area contributed by atoms with E-state index in [1.165, 1.54) is 0 Å². The lowest BCUT2D eigenvalue weighted by atomic mass is 9.98. The van der Waals surface area contributed by atoms with Gasteiger partial charge in [-0.05, 0) is 55.2 Å².